The first kappa shape index (κ1) is 33.1. The minimum atomic E-state index is -1.56. The smallest absolute Gasteiger partial charge is 0.263 e. The lowest BCUT2D eigenvalue weighted by Crippen LogP contribution is -2.52. The molecule has 1 saturated carbocycles. The fourth-order valence-corrected chi connectivity index (χ4v) is 8.98. The molecule has 0 saturated heterocycles. The monoisotopic (exact) mass is 664 g/mol. The fourth-order valence-electron chi connectivity index (χ4n) is 7.77. The maximum atomic E-state index is 13.5. The molecule has 1 fully saturated rings. The number of hydrogen-bond acceptors (Lipinski definition) is 6. The van der Waals surface area contributed by atoms with Gasteiger partial charge in [-0.15, -0.1) is 0 Å². The lowest BCUT2D eigenvalue weighted by molar-refractivity contribution is -0.0352. The Hall–Kier alpha value is -2.83. The fraction of sp³-hybridized carbons (Fsp3) is 0.541. The SMILES string of the molecule is COCC#C[C@@]1(OC)/C=C/CC(C)C(C)S(=O)NC(=O)c2ccc3c(c2)N(CC2CCC21)C[C@@]1(CCCc2cc(Cl)ccc21)CO3. The van der Waals surface area contributed by atoms with E-state index in [1.165, 1.54) is 11.1 Å². The van der Waals surface area contributed by atoms with Gasteiger partial charge in [0, 0.05) is 49.2 Å². The summed E-state index contributed by atoms with van der Waals surface area (Å²) in [6, 6.07) is 11.9. The van der Waals surface area contributed by atoms with Crippen molar-refractivity contribution in [3.63, 3.8) is 0 Å². The zero-order chi connectivity index (χ0) is 32.5. The Morgan fingerprint density at radius 3 is 2.78 bits per heavy atom. The highest BCUT2D eigenvalue weighted by Crippen LogP contribution is 2.49. The van der Waals surface area contributed by atoms with E-state index in [0.717, 1.165) is 61.7 Å². The quantitative estimate of drug-likeness (QED) is 0.302. The summed E-state index contributed by atoms with van der Waals surface area (Å²) in [7, 11) is 1.84. The minimum Gasteiger partial charge on any atom is -0.490 e. The number of methoxy groups -OCH3 is 2. The molecule has 1 N–H and O–H groups in total. The Labute approximate surface area is 281 Å². The highest BCUT2D eigenvalue weighted by Gasteiger charge is 2.48. The van der Waals surface area contributed by atoms with E-state index in [9.17, 15) is 9.00 Å². The van der Waals surface area contributed by atoms with Crippen molar-refractivity contribution in [2.24, 2.45) is 17.8 Å². The van der Waals surface area contributed by atoms with Crippen molar-refractivity contribution < 1.29 is 23.2 Å². The summed E-state index contributed by atoms with van der Waals surface area (Å²) < 4.78 is 34.4. The number of nitrogens with one attached hydrogen (secondary N) is 1. The van der Waals surface area contributed by atoms with Gasteiger partial charge in [-0.2, -0.15) is 0 Å². The van der Waals surface area contributed by atoms with Crippen LogP contribution in [-0.4, -0.2) is 61.5 Å². The molecule has 0 aromatic heterocycles. The van der Waals surface area contributed by atoms with Crippen molar-refractivity contribution >= 4 is 34.2 Å². The Kier molecular flexibility index (Phi) is 9.87. The van der Waals surface area contributed by atoms with Crippen LogP contribution in [0.1, 0.15) is 67.4 Å². The van der Waals surface area contributed by atoms with Crippen LogP contribution in [0.15, 0.2) is 48.6 Å². The van der Waals surface area contributed by atoms with E-state index in [-0.39, 0.29) is 28.4 Å². The summed E-state index contributed by atoms with van der Waals surface area (Å²) in [6.07, 6.45) is 10.0. The van der Waals surface area contributed by atoms with Crippen molar-refractivity contribution in [2.75, 3.05) is 45.4 Å². The Balaban J connectivity index is 1.45. The molecule has 1 amide bonds. The summed E-state index contributed by atoms with van der Waals surface area (Å²) in [4.78, 5) is 15.9. The number of nitrogens with zero attached hydrogens (tertiary/aromatic N) is 1. The van der Waals surface area contributed by atoms with Gasteiger partial charge in [-0.3, -0.25) is 9.52 Å². The van der Waals surface area contributed by atoms with E-state index in [2.05, 4.69) is 52.7 Å². The topological polar surface area (TPSA) is 77.1 Å². The molecule has 2 bridgehead atoms. The van der Waals surface area contributed by atoms with Crippen molar-refractivity contribution in [3.8, 4) is 17.6 Å². The van der Waals surface area contributed by atoms with Gasteiger partial charge in [0.25, 0.3) is 5.91 Å². The highest BCUT2D eigenvalue weighted by molar-refractivity contribution is 7.84. The predicted molar refractivity (Wildman–Crippen MR) is 184 cm³/mol. The summed E-state index contributed by atoms with van der Waals surface area (Å²) in [6.45, 7) is 6.36. The average molecular weight is 665 g/mol. The number of benzene rings is 2. The number of allylic oxidation sites excluding steroid dienone is 1. The molecular weight excluding hydrogens is 620 g/mol. The van der Waals surface area contributed by atoms with Crippen LogP contribution < -0.4 is 14.4 Å². The number of rotatable bonds is 2. The average Bonchev–Trinajstić information content (AvgIpc) is 3.18. The van der Waals surface area contributed by atoms with E-state index in [1.807, 2.05) is 25.1 Å². The van der Waals surface area contributed by atoms with E-state index in [4.69, 9.17) is 25.8 Å². The van der Waals surface area contributed by atoms with E-state index >= 15 is 0 Å². The molecule has 46 heavy (non-hydrogen) atoms. The Bertz CT molecular complexity index is 1590. The molecular formula is C37H45ClN2O5S. The van der Waals surface area contributed by atoms with Gasteiger partial charge < -0.3 is 19.1 Å². The molecule has 2 aliphatic carbocycles. The van der Waals surface area contributed by atoms with E-state index < -0.39 is 16.6 Å². The molecule has 9 heteroatoms. The van der Waals surface area contributed by atoms with Crippen LogP contribution >= 0.6 is 11.6 Å². The van der Waals surface area contributed by atoms with Gasteiger partial charge in [0.2, 0.25) is 0 Å². The Morgan fingerprint density at radius 1 is 1.17 bits per heavy atom. The number of fused-ring (bicyclic) bond motifs is 4. The molecule has 5 unspecified atom stereocenters. The molecule has 6 rings (SSSR count). The molecule has 7 atom stereocenters. The van der Waals surface area contributed by atoms with Crippen molar-refractivity contribution in [1.29, 1.82) is 0 Å². The molecule has 2 aromatic rings. The number of aryl methyl sites for hydroxylation is 1. The van der Waals surface area contributed by atoms with Gasteiger partial charge in [-0.25, -0.2) is 4.21 Å². The van der Waals surface area contributed by atoms with Crippen LogP contribution in [0.2, 0.25) is 5.02 Å². The normalized spacial score (nSPS) is 33.2. The number of anilines is 1. The van der Waals surface area contributed by atoms with Crippen LogP contribution in [0.25, 0.3) is 0 Å². The molecule has 7 nitrogen and oxygen atoms in total. The first-order chi connectivity index (χ1) is 22.2. The molecule has 246 valence electrons. The number of amides is 1. The second-order valence-electron chi connectivity index (χ2n) is 13.5. The van der Waals surface area contributed by atoms with Crippen LogP contribution in [0.5, 0.6) is 5.75 Å². The molecule has 4 aliphatic rings. The first-order valence-electron chi connectivity index (χ1n) is 16.4. The van der Waals surface area contributed by atoms with Crippen LogP contribution in [0.3, 0.4) is 0 Å². The molecule has 2 aromatic carbocycles. The van der Waals surface area contributed by atoms with Crippen LogP contribution in [0.4, 0.5) is 5.69 Å². The zero-order valence-electron chi connectivity index (χ0n) is 27.3. The third-order valence-corrected chi connectivity index (χ3v) is 12.5. The van der Waals surface area contributed by atoms with Crippen molar-refractivity contribution in [1.82, 2.24) is 4.72 Å². The van der Waals surface area contributed by atoms with Crippen molar-refractivity contribution in [3.05, 3.63) is 70.3 Å². The largest absolute Gasteiger partial charge is 0.490 e. The second kappa shape index (κ2) is 13.7. The summed E-state index contributed by atoms with van der Waals surface area (Å²) in [5.74, 6) is 7.60. The van der Waals surface area contributed by atoms with Gasteiger partial charge >= 0.3 is 0 Å². The maximum absolute atomic E-state index is 13.5. The zero-order valence-corrected chi connectivity index (χ0v) is 28.8. The summed E-state index contributed by atoms with van der Waals surface area (Å²) in [5.41, 5.74) is 2.94. The highest BCUT2D eigenvalue weighted by atomic mass is 35.5. The minimum absolute atomic E-state index is 0.0596. The van der Waals surface area contributed by atoms with Crippen LogP contribution in [0, 0.1) is 29.6 Å². The maximum Gasteiger partial charge on any atom is 0.263 e. The van der Waals surface area contributed by atoms with E-state index in [0.29, 0.717) is 31.1 Å². The molecule has 1 spiro atoms. The number of hydrogen-bond donors (Lipinski definition) is 1. The van der Waals surface area contributed by atoms with Gasteiger partial charge in [0.1, 0.15) is 28.9 Å². The van der Waals surface area contributed by atoms with Gasteiger partial charge in [-0.1, -0.05) is 42.5 Å². The van der Waals surface area contributed by atoms with Gasteiger partial charge in [0.05, 0.1) is 17.5 Å². The number of halogens is 1. The summed E-state index contributed by atoms with van der Waals surface area (Å²) >= 11 is 6.45. The number of carbonyl (C=O) groups excluding carboxylic acids is 1. The molecule has 2 aliphatic heterocycles. The van der Waals surface area contributed by atoms with Gasteiger partial charge in [-0.05, 0) is 105 Å². The van der Waals surface area contributed by atoms with Crippen LogP contribution in [-0.2, 0) is 32.3 Å². The lowest BCUT2D eigenvalue weighted by Gasteiger charge is -2.48. The first-order valence-corrected chi connectivity index (χ1v) is 18.0. The predicted octanol–water partition coefficient (Wildman–Crippen LogP) is 6.25. The number of carbonyl (C=O) groups is 1. The standard InChI is InChI=1S/C37H45ClN2O5S/c1-25-8-5-17-37(44-4,18-7-19-43-3)32-13-10-29(32)22-40-23-36(16-6-9-27-20-30(38)12-14-31(27)36)24-45-34-15-11-28(21-33(34)40)35(41)39-46(42)26(25)2/h5,11-12,14-15,17,20-21,25-26,29,32H,6,8-10,13,16,19,22-24H2,1-4H3,(H,39,41)/b17-5+/t25?,26?,29?,32?,36-,37-,46?/m0/s1. The molecule has 0 radical (unpaired) electrons. The Morgan fingerprint density at radius 2 is 2.02 bits per heavy atom. The summed E-state index contributed by atoms with van der Waals surface area (Å²) in [5, 5.41) is 0.501. The lowest BCUT2D eigenvalue weighted by atomic mass is 9.64. The number of ether oxygens (including phenoxy) is 3. The van der Waals surface area contributed by atoms with Gasteiger partial charge in [0.15, 0.2) is 0 Å². The van der Waals surface area contributed by atoms with Crippen molar-refractivity contribution in [2.45, 2.75) is 68.6 Å². The second-order valence-corrected chi connectivity index (χ2v) is 15.5. The third kappa shape index (κ3) is 6.36. The third-order valence-electron chi connectivity index (χ3n) is 10.8. The molecule has 2 heterocycles. The van der Waals surface area contributed by atoms with E-state index in [1.54, 1.807) is 20.3 Å².